The van der Waals surface area contributed by atoms with Crippen LogP contribution in [0.15, 0.2) is 0 Å². The second-order valence-electron chi connectivity index (χ2n) is 6.76. The normalized spacial score (nSPS) is 30.0. The maximum Gasteiger partial charge on any atom is 0.00671 e. The van der Waals surface area contributed by atoms with Crippen LogP contribution in [0.25, 0.3) is 0 Å². The molecule has 1 heterocycles. The average molecular weight is 252 g/mol. The van der Waals surface area contributed by atoms with Gasteiger partial charge in [-0.2, -0.15) is 0 Å². The third kappa shape index (κ3) is 3.71. The third-order valence-corrected chi connectivity index (χ3v) is 5.20. The molecule has 1 unspecified atom stereocenters. The van der Waals surface area contributed by atoms with Gasteiger partial charge < -0.3 is 10.2 Å². The van der Waals surface area contributed by atoms with Gasteiger partial charge in [0.25, 0.3) is 0 Å². The van der Waals surface area contributed by atoms with Gasteiger partial charge in [0.05, 0.1) is 0 Å². The summed E-state index contributed by atoms with van der Waals surface area (Å²) in [6.45, 7) is 6.33. The fourth-order valence-corrected chi connectivity index (χ4v) is 4.07. The summed E-state index contributed by atoms with van der Waals surface area (Å²) in [4.78, 5) is 2.78. The van der Waals surface area contributed by atoms with Crippen LogP contribution in [0.5, 0.6) is 0 Å². The zero-order valence-corrected chi connectivity index (χ0v) is 12.5. The van der Waals surface area contributed by atoms with Crippen molar-refractivity contribution in [1.29, 1.82) is 0 Å². The molecular weight excluding hydrogens is 220 g/mol. The molecule has 0 amide bonds. The van der Waals surface area contributed by atoms with Crippen molar-refractivity contribution in [3.05, 3.63) is 0 Å². The predicted octanol–water partition coefficient (Wildman–Crippen LogP) is 3.42. The molecule has 2 aliphatic rings. The number of likely N-dealkylation sites (tertiary alicyclic amines) is 1. The van der Waals surface area contributed by atoms with Crippen LogP contribution in [0.2, 0.25) is 0 Å². The number of nitrogens with one attached hydrogen (secondary N) is 1. The molecule has 1 saturated carbocycles. The monoisotopic (exact) mass is 252 g/mol. The number of rotatable bonds is 4. The van der Waals surface area contributed by atoms with Crippen LogP contribution in [0, 0.1) is 5.41 Å². The first-order valence-corrected chi connectivity index (χ1v) is 8.14. The van der Waals surface area contributed by atoms with E-state index < -0.39 is 0 Å². The fraction of sp³-hybridized carbons (Fsp3) is 1.00. The fourth-order valence-electron chi connectivity index (χ4n) is 4.07. The van der Waals surface area contributed by atoms with Gasteiger partial charge in [0, 0.05) is 19.1 Å². The van der Waals surface area contributed by atoms with E-state index in [1.807, 2.05) is 0 Å². The molecule has 0 aromatic carbocycles. The Kier molecular flexibility index (Phi) is 5.50. The largest absolute Gasteiger partial charge is 0.319 e. The molecule has 2 heteroatoms. The first-order valence-electron chi connectivity index (χ1n) is 8.14. The highest BCUT2D eigenvalue weighted by molar-refractivity contribution is 4.88. The Labute approximate surface area is 114 Å². The molecule has 2 fully saturated rings. The summed E-state index contributed by atoms with van der Waals surface area (Å²) in [7, 11) is 2.13. The Morgan fingerprint density at radius 2 is 1.78 bits per heavy atom. The lowest BCUT2D eigenvalue weighted by molar-refractivity contribution is 0.0770. The summed E-state index contributed by atoms with van der Waals surface area (Å²) in [5.41, 5.74) is 0.566. The molecule has 0 aromatic rings. The Bertz CT molecular complexity index is 231. The molecule has 1 atom stereocenters. The second-order valence-corrected chi connectivity index (χ2v) is 6.76. The maximum absolute atomic E-state index is 3.48. The molecule has 106 valence electrons. The van der Waals surface area contributed by atoms with Gasteiger partial charge in [-0.25, -0.2) is 0 Å². The highest BCUT2D eigenvalue weighted by Crippen LogP contribution is 2.36. The van der Waals surface area contributed by atoms with Gasteiger partial charge in [-0.1, -0.05) is 32.1 Å². The topological polar surface area (TPSA) is 15.3 Å². The number of nitrogens with zero attached hydrogens (tertiary/aromatic N) is 1. The molecule has 0 radical (unpaired) electrons. The lowest BCUT2D eigenvalue weighted by Crippen LogP contribution is -2.48. The van der Waals surface area contributed by atoms with E-state index in [1.54, 1.807) is 0 Å². The van der Waals surface area contributed by atoms with E-state index >= 15 is 0 Å². The van der Waals surface area contributed by atoms with E-state index in [4.69, 9.17) is 0 Å². The Balaban J connectivity index is 1.99. The van der Waals surface area contributed by atoms with E-state index in [0.29, 0.717) is 5.41 Å². The van der Waals surface area contributed by atoms with Gasteiger partial charge in [0.1, 0.15) is 0 Å². The van der Waals surface area contributed by atoms with Crippen molar-refractivity contribution >= 4 is 0 Å². The lowest BCUT2D eigenvalue weighted by atomic mass is 9.79. The molecule has 1 aliphatic carbocycles. The van der Waals surface area contributed by atoms with Crippen LogP contribution in [0.4, 0.5) is 0 Å². The molecule has 18 heavy (non-hydrogen) atoms. The minimum atomic E-state index is 0.566. The quantitative estimate of drug-likeness (QED) is 0.771. The van der Waals surface area contributed by atoms with E-state index in [0.717, 1.165) is 6.04 Å². The van der Waals surface area contributed by atoms with Crippen molar-refractivity contribution < 1.29 is 0 Å². The Morgan fingerprint density at radius 3 is 2.39 bits per heavy atom. The first kappa shape index (κ1) is 14.3. The standard InChI is InChI=1S/C16H32N2/c1-15-9-5-8-12-18(15)14-16(13-17-2)10-6-3-4-7-11-16/h15,17H,3-14H2,1-2H3. The highest BCUT2D eigenvalue weighted by Gasteiger charge is 2.34. The summed E-state index contributed by atoms with van der Waals surface area (Å²) < 4.78 is 0. The SMILES string of the molecule is CNCC1(CN2CCCCC2C)CCCCCC1. The Morgan fingerprint density at radius 1 is 1.06 bits per heavy atom. The van der Waals surface area contributed by atoms with Crippen LogP contribution < -0.4 is 5.32 Å². The van der Waals surface area contributed by atoms with E-state index in [2.05, 4.69) is 24.2 Å². The molecule has 1 aliphatic heterocycles. The summed E-state index contributed by atoms with van der Waals surface area (Å²) in [5, 5.41) is 3.48. The van der Waals surface area contributed by atoms with E-state index in [-0.39, 0.29) is 0 Å². The second kappa shape index (κ2) is 6.91. The Hall–Kier alpha value is -0.0800. The zero-order chi connectivity index (χ0) is 12.8. The van der Waals surface area contributed by atoms with E-state index in [1.165, 1.54) is 77.4 Å². The molecular formula is C16H32N2. The van der Waals surface area contributed by atoms with Gasteiger partial charge in [-0.3, -0.25) is 0 Å². The van der Waals surface area contributed by atoms with E-state index in [9.17, 15) is 0 Å². The highest BCUT2D eigenvalue weighted by atomic mass is 15.2. The third-order valence-electron chi connectivity index (χ3n) is 5.20. The van der Waals surface area contributed by atoms with Crippen LogP contribution in [0.1, 0.15) is 64.7 Å². The van der Waals surface area contributed by atoms with Crippen LogP contribution in [-0.4, -0.2) is 37.6 Å². The van der Waals surface area contributed by atoms with Crippen LogP contribution in [0.3, 0.4) is 0 Å². The molecule has 2 nitrogen and oxygen atoms in total. The smallest absolute Gasteiger partial charge is 0.00671 e. The summed E-state index contributed by atoms with van der Waals surface area (Å²) in [6, 6.07) is 0.815. The molecule has 0 aromatic heterocycles. The van der Waals surface area contributed by atoms with Crippen molar-refractivity contribution in [3.63, 3.8) is 0 Å². The van der Waals surface area contributed by atoms with Crippen molar-refractivity contribution in [2.24, 2.45) is 5.41 Å². The molecule has 1 N–H and O–H groups in total. The maximum atomic E-state index is 3.48. The van der Waals surface area contributed by atoms with Crippen molar-refractivity contribution in [1.82, 2.24) is 10.2 Å². The average Bonchev–Trinajstić information content (AvgIpc) is 2.59. The van der Waals surface area contributed by atoms with Crippen molar-refractivity contribution in [2.75, 3.05) is 26.7 Å². The molecule has 2 rings (SSSR count). The predicted molar refractivity (Wildman–Crippen MR) is 78.9 cm³/mol. The minimum absolute atomic E-state index is 0.566. The summed E-state index contributed by atoms with van der Waals surface area (Å²) >= 11 is 0. The number of piperidine rings is 1. The van der Waals surface area contributed by atoms with Crippen LogP contribution >= 0.6 is 0 Å². The minimum Gasteiger partial charge on any atom is -0.319 e. The summed E-state index contributed by atoms with van der Waals surface area (Å²) in [5.74, 6) is 0. The van der Waals surface area contributed by atoms with Crippen LogP contribution in [-0.2, 0) is 0 Å². The number of hydrogen-bond donors (Lipinski definition) is 1. The molecule has 0 spiro atoms. The lowest BCUT2D eigenvalue weighted by Gasteiger charge is -2.42. The van der Waals surface area contributed by atoms with Gasteiger partial charge in [-0.05, 0) is 51.6 Å². The van der Waals surface area contributed by atoms with Gasteiger partial charge in [-0.15, -0.1) is 0 Å². The van der Waals surface area contributed by atoms with Crippen molar-refractivity contribution in [3.8, 4) is 0 Å². The molecule has 0 bridgehead atoms. The first-order chi connectivity index (χ1) is 8.76. The van der Waals surface area contributed by atoms with Gasteiger partial charge in [0.15, 0.2) is 0 Å². The summed E-state index contributed by atoms with van der Waals surface area (Å²) in [6.07, 6.45) is 13.0. The van der Waals surface area contributed by atoms with Crippen molar-refractivity contribution in [2.45, 2.75) is 70.8 Å². The zero-order valence-electron chi connectivity index (χ0n) is 12.5. The van der Waals surface area contributed by atoms with Gasteiger partial charge in [0.2, 0.25) is 0 Å². The number of hydrogen-bond acceptors (Lipinski definition) is 2. The van der Waals surface area contributed by atoms with Gasteiger partial charge >= 0.3 is 0 Å². The molecule has 1 saturated heterocycles.